The summed E-state index contributed by atoms with van der Waals surface area (Å²) in [6.07, 6.45) is 7.34. The summed E-state index contributed by atoms with van der Waals surface area (Å²) in [5.41, 5.74) is 1.12. The van der Waals surface area contributed by atoms with Crippen LogP contribution in [0.4, 0.5) is 0 Å². The molecular formula is C21H27NO2. The van der Waals surface area contributed by atoms with Crippen molar-refractivity contribution in [2.75, 3.05) is 13.2 Å². The van der Waals surface area contributed by atoms with Crippen molar-refractivity contribution in [3.05, 3.63) is 86.5 Å². The molecule has 3 heteroatoms. The topological polar surface area (TPSA) is 29.5 Å². The van der Waals surface area contributed by atoms with E-state index >= 15 is 0 Å². The highest BCUT2D eigenvalue weighted by Crippen LogP contribution is 2.19. The van der Waals surface area contributed by atoms with Crippen molar-refractivity contribution < 1.29 is 9.53 Å². The van der Waals surface area contributed by atoms with Crippen molar-refractivity contribution in [1.29, 1.82) is 0 Å². The predicted molar refractivity (Wildman–Crippen MR) is 100 cm³/mol. The fraction of sp³-hybridized carbons (Fsp3) is 0.286. The fourth-order valence-electron chi connectivity index (χ4n) is 2.57. The molecule has 0 aromatic heterocycles. The summed E-state index contributed by atoms with van der Waals surface area (Å²) >= 11 is 0. The monoisotopic (exact) mass is 325 g/mol. The quantitative estimate of drug-likeness (QED) is 0.427. The first-order valence-electron chi connectivity index (χ1n) is 8.07. The van der Waals surface area contributed by atoms with Crippen molar-refractivity contribution in [2.24, 2.45) is 5.92 Å². The SMILES string of the molecule is C=CC[C@@H]([C@@H](C=C)COCc1ccccc1)N(CC=C)C(=O)C=C. The van der Waals surface area contributed by atoms with Gasteiger partial charge in [-0.05, 0) is 18.1 Å². The maximum atomic E-state index is 12.2. The Hall–Kier alpha value is -2.39. The highest BCUT2D eigenvalue weighted by Gasteiger charge is 2.26. The van der Waals surface area contributed by atoms with Crippen LogP contribution in [0.15, 0.2) is 81.0 Å². The molecular weight excluding hydrogens is 298 g/mol. The van der Waals surface area contributed by atoms with Crippen molar-refractivity contribution >= 4 is 5.91 Å². The molecule has 0 radical (unpaired) electrons. The molecule has 24 heavy (non-hydrogen) atoms. The third-order valence-electron chi connectivity index (χ3n) is 3.81. The van der Waals surface area contributed by atoms with Gasteiger partial charge < -0.3 is 9.64 Å². The molecule has 0 bridgehead atoms. The van der Waals surface area contributed by atoms with Crippen LogP contribution in [0.2, 0.25) is 0 Å². The Kier molecular flexibility index (Phi) is 9.17. The number of rotatable bonds is 12. The van der Waals surface area contributed by atoms with Gasteiger partial charge >= 0.3 is 0 Å². The van der Waals surface area contributed by atoms with E-state index in [1.54, 1.807) is 11.0 Å². The molecule has 3 nitrogen and oxygen atoms in total. The van der Waals surface area contributed by atoms with Gasteiger partial charge in [-0.15, -0.1) is 19.7 Å². The summed E-state index contributed by atoms with van der Waals surface area (Å²) in [5.74, 6) is -0.132. The molecule has 128 valence electrons. The van der Waals surface area contributed by atoms with E-state index in [9.17, 15) is 4.79 Å². The van der Waals surface area contributed by atoms with Gasteiger partial charge in [-0.2, -0.15) is 0 Å². The van der Waals surface area contributed by atoms with E-state index in [1.807, 2.05) is 42.5 Å². The first kappa shape index (κ1) is 19.7. The average Bonchev–Trinajstić information content (AvgIpc) is 2.62. The first-order valence-corrected chi connectivity index (χ1v) is 8.07. The number of nitrogens with zero attached hydrogens (tertiary/aromatic N) is 1. The predicted octanol–water partition coefficient (Wildman–Crippen LogP) is 4.15. The number of carbonyl (C=O) groups is 1. The van der Waals surface area contributed by atoms with Crippen LogP contribution in [0.25, 0.3) is 0 Å². The number of ether oxygens (including phenoxy) is 1. The minimum Gasteiger partial charge on any atom is -0.376 e. The summed E-state index contributed by atoms with van der Waals surface area (Å²) in [4.78, 5) is 13.9. The molecule has 0 aliphatic carbocycles. The normalized spacial score (nSPS) is 12.7. The van der Waals surface area contributed by atoms with Crippen molar-refractivity contribution in [3.8, 4) is 0 Å². The molecule has 1 rings (SSSR count). The maximum Gasteiger partial charge on any atom is 0.246 e. The van der Waals surface area contributed by atoms with Gasteiger partial charge in [0.05, 0.1) is 13.2 Å². The van der Waals surface area contributed by atoms with Crippen molar-refractivity contribution in [3.63, 3.8) is 0 Å². The Morgan fingerprint density at radius 3 is 2.38 bits per heavy atom. The molecule has 0 aliphatic heterocycles. The van der Waals surface area contributed by atoms with Crippen LogP contribution in [-0.4, -0.2) is 30.0 Å². The van der Waals surface area contributed by atoms with Gasteiger partial charge in [0.25, 0.3) is 0 Å². The van der Waals surface area contributed by atoms with Gasteiger partial charge in [-0.1, -0.05) is 55.1 Å². The van der Waals surface area contributed by atoms with Crippen LogP contribution >= 0.6 is 0 Å². The summed E-state index contributed by atoms with van der Waals surface area (Å²) in [5, 5.41) is 0. The van der Waals surface area contributed by atoms with Gasteiger partial charge in [-0.3, -0.25) is 4.79 Å². The Morgan fingerprint density at radius 1 is 1.12 bits per heavy atom. The second-order valence-corrected chi connectivity index (χ2v) is 5.48. The molecule has 0 fully saturated rings. The number of amides is 1. The lowest BCUT2D eigenvalue weighted by Crippen LogP contribution is -2.44. The zero-order valence-corrected chi connectivity index (χ0v) is 14.3. The van der Waals surface area contributed by atoms with E-state index in [2.05, 4.69) is 26.3 Å². The molecule has 0 spiro atoms. The standard InChI is InChI=1S/C21H27NO2/c1-5-12-20(22(15-6-2)21(23)8-4)19(7-3)17-24-16-18-13-10-9-11-14-18/h5-11,13-14,19-20H,1-4,12,15-17H2/t19-,20-/m0/s1. The molecule has 0 aliphatic rings. The number of carbonyl (C=O) groups excluding carboxylic acids is 1. The summed E-state index contributed by atoms with van der Waals surface area (Å²) in [7, 11) is 0. The average molecular weight is 325 g/mol. The summed E-state index contributed by atoms with van der Waals surface area (Å²) in [6.45, 7) is 16.5. The first-order chi connectivity index (χ1) is 11.7. The van der Waals surface area contributed by atoms with E-state index in [-0.39, 0.29) is 17.9 Å². The minimum atomic E-state index is -0.128. The van der Waals surface area contributed by atoms with E-state index < -0.39 is 0 Å². The molecule has 1 amide bonds. The lowest BCUT2D eigenvalue weighted by molar-refractivity contribution is -0.128. The second-order valence-electron chi connectivity index (χ2n) is 5.48. The number of hydrogen-bond acceptors (Lipinski definition) is 2. The zero-order chi connectivity index (χ0) is 17.8. The Balaban J connectivity index is 2.78. The molecule has 0 saturated carbocycles. The van der Waals surface area contributed by atoms with Gasteiger partial charge in [0.2, 0.25) is 5.91 Å². The molecule has 1 aromatic carbocycles. The van der Waals surface area contributed by atoms with Crippen LogP contribution in [-0.2, 0) is 16.1 Å². The molecule has 0 N–H and O–H groups in total. The number of hydrogen-bond donors (Lipinski definition) is 0. The highest BCUT2D eigenvalue weighted by atomic mass is 16.5. The summed E-state index contributed by atoms with van der Waals surface area (Å²) in [6, 6.07) is 9.91. The molecule has 0 unspecified atom stereocenters. The van der Waals surface area contributed by atoms with Crippen LogP contribution in [0.3, 0.4) is 0 Å². The number of benzene rings is 1. The Bertz CT molecular complexity index is 550. The van der Waals surface area contributed by atoms with Crippen LogP contribution in [0.5, 0.6) is 0 Å². The minimum absolute atomic E-state index is 0.00411. The highest BCUT2D eigenvalue weighted by molar-refractivity contribution is 5.87. The van der Waals surface area contributed by atoms with Crippen molar-refractivity contribution in [1.82, 2.24) is 4.90 Å². The smallest absolute Gasteiger partial charge is 0.246 e. The van der Waals surface area contributed by atoms with Gasteiger partial charge in [0.15, 0.2) is 0 Å². The maximum absolute atomic E-state index is 12.2. The molecule has 1 aromatic rings. The van der Waals surface area contributed by atoms with Crippen LogP contribution in [0, 0.1) is 5.92 Å². The van der Waals surface area contributed by atoms with Crippen molar-refractivity contribution in [2.45, 2.75) is 19.1 Å². The molecule has 2 atom stereocenters. The third-order valence-corrected chi connectivity index (χ3v) is 3.81. The fourth-order valence-corrected chi connectivity index (χ4v) is 2.57. The van der Waals surface area contributed by atoms with Gasteiger partial charge in [0.1, 0.15) is 0 Å². The zero-order valence-electron chi connectivity index (χ0n) is 14.3. The Morgan fingerprint density at radius 2 is 1.83 bits per heavy atom. The van der Waals surface area contributed by atoms with E-state index in [0.717, 1.165) is 5.56 Å². The third kappa shape index (κ3) is 6.01. The van der Waals surface area contributed by atoms with E-state index in [0.29, 0.717) is 26.2 Å². The van der Waals surface area contributed by atoms with Gasteiger partial charge in [0, 0.05) is 18.5 Å². The van der Waals surface area contributed by atoms with E-state index in [4.69, 9.17) is 4.74 Å². The summed E-state index contributed by atoms with van der Waals surface area (Å²) < 4.78 is 5.85. The molecule has 0 saturated heterocycles. The second kappa shape index (κ2) is 11.2. The van der Waals surface area contributed by atoms with Gasteiger partial charge in [-0.25, -0.2) is 0 Å². The lowest BCUT2D eigenvalue weighted by atomic mass is 9.95. The largest absolute Gasteiger partial charge is 0.376 e. The molecule has 0 heterocycles. The Labute approximate surface area is 145 Å². The van der Waals surface area contributed by atoms with E-state index in [1.165, 1.54) is 6.08 Å². The lowest BCUT2D eigenvalue weighted by Gasteiger charge is -2.34. The van der Waals surface area contributed by atoms with Crippen LogP contribution < -0.4 is 0 Å². The van der Waals surface area contributed by atoms with Crippen LogP contribution in [0.1, 0.15) is 12.0 Å².